The van der Waals surface area contributed by atoms with E-state index in [2.05, 4.69) is 11.1 Å². The number of aromatic nitrogens is 1. The van der Waals surface area contributed by atoms with Crippen LogP contribution in [0.25, 0.3) is 21.6 Å². The summed E-state index contributed by atoms with van der Waals surface area (Å²) in [5, 5.41) is 12.1. The first-order chi connectivity index (χ1) is 13.7. The van der Waals surface area contributed by atoms with Crippen molar-refractivity contribution >= 4 is 22.9 Å². The predicted molar refractivity (Wildman–Crippen MR) is 115 cm³/mol. The van der Waals surface area contributed by atoms with Crippen LogP contribution in [0, 0.1) is 0 Å². The highest BCUT2D eigenvalue weighted by atomic mass is 35.5. The molecule has 3 nitrogen and oxygen atoms in total. The molecule has 0 unspecified atom stereocenters. The Balaban J connectivity index is 1.71. The first-order valence-corrected chi connectivity index (χ1v) is 10.1. The maximum atomic E-state index is 9.43. The molecular formula is C23H18ClNO2S. The van der Waals surface area contributed by atoms with Crippen molar-refractivity contribution in [1.82, 2.24) is 4.98 Å². The van der Waals surface area contributed by atoms with Crippen molar-refractivity contribution in [3.05, 3.63) is 94.6 Å². The maximum absolute atomic E-state index is 9.43. The van der Waals surface area contributed by atoms with Gasteiger partial charge in [-0.25, -0.2) is 0 Å². The van der Waals surface area contributed by atoms with E-state index in [0.717, 1.165) is 38.4 Å². The number of hydrogen-bond donors (Lipinski definition) is 1. The average Bonchev–Trinajstić information content (AvgIpc) is 3.23. The van der Waals surface area contributed by atoms with Gasteiger partial charge in [-0.2, -0.15) is 0 Å². The standard InChI is InChI=1S/C23H18ClNO2S/c24-19-6-7-22(27-15-16-4-2-1-3-5-16)21(11-19)20-8-9-28-23(20)18-10-17(14-26)12-25-13-18/h1-13,26H,14-15H2. The molecule has 2 heterocycles. The van der Waals surface area contributed by atoms with Crippen molar-refractivity contribution in [2.24, 2.45) is 0 Å². The molecule has 0 fully saturated rings. The smallest absolute Gasteiger partial charge is 0.127 e. The van der Waals surface area contributed by atoms with Crippen molar-refractivity contribution in [2.75, 3.05) is 0 Å². The van der Waals surface area contributed by atoms with Crippen LogP contribution < -0.4 is 4.74 Å². The fourth-order valence-corrected chi connectivity index (χ4v) is 4.08. The van der Waals surface area contributed by atoms with Crippen molar-refractivity contribution < 1.29 is 9.84 Å². The molecule has 0 aliphatic carbocycles. The molecule has 0 atom stereocenters. The van der Waals surface area contributed by atoms with Gasteiger partial charge in [0.2, 0.25) is 0 Å². The van der Waals surface area contributed by atoms with E-state index in [4.69, 9.17) is 16.3 Å². The fraction of sp³-hybridized carbons (Fsp3) is 0.0870. The highest BCUT2D eigenvalue weighted by Crippen LogP contribution is 2.42. The average molecular weight is 408 g/mol. The van der Waals surface area contributed by atoms with Crippen molar-refractivity contribution in [1.29, 1.82) is 0 Å². The van der Waals surface area contributed by atoms with Gasteiger partial charge in [-0.05, 0) is 46.8 Å². The minimum absolute atomic E-state index is 0.0375. The zero-order valence-electron chi connectivity index (χ0n) is 15.0. The Morgan fingerprint density at radius 1 is 0.929 bits per heavy atom. The third-order valence-corrected chi connectivity index (χ3v) is 5.57. The third kappa shape index (κ3) is 4.09. The van der Waals surface area contributed by atoms with Gasteiger partial charge in [0.1, 0.15) is 12.4 Å². The molecule has 0 amide bonds. The summed E-state index contributed by atoms with van der Waals surface area (Å²) in [6.07, 6.45) is 3.48. The van der Waals surface area contributed by atoms with Gasteiger partial charge < -0.3 is 9.84 Å². The number of benzene rings is 2. The minimum Gasteiger partial charge on any atom is -0.488 e. The number of rotatable bonds is 6. The normalized spacial score (nSPS) is 10.8. The number of pyridine rings is 1. The molecule has 4 rings (SSSR count). The molecule has 2 aromatic carbocycles. The van der Waals surface area contributed by atoms with E-state index in [0.29, 0.717) is 11.6 Å². The van der Waals surface area contributed by atoms with Crippen LogP contribution >= 0.6 is 22.9 Å². The summed E-state index contributed by atoms with van der Waals surface area (Å²) < 4.78 is 6.13. The van der Waals surface area contributed by atoms with Gasteiger partial charge in [-0.15, -0.1) is 11.3 Å². The summed E-state index contributed by atoms with van der Waals surface area (Å²) >= 11 is 7.92. The van der Waals surface area contributed by atoms with Crippen LogP contribution in [0.4, 0.5) is 0 Å². The fourth-order valence-electron chi connectivity index (χ4n) is 3.02. The van der Waals surface area contributed by atoms with E-state index in [-0.39, 0.29) is 6.61 Å². The number of aliphatic hydroxyl groups is 1. The molecule has 0 bridgehead atoms. The van der Waals surface area contributed by atoms with Crippen LogP contribution in [0.1, 0.15) is 11.1 Å². The Hall–Kier alpha value is -2.66. The predicted octanol–water partition coefficient (Wildman–Crippen LogP) is 6.20. The molecule has 0 saturated heterocycles. The second-order valence-electron chi connectivity index (χ2n) is 6.32. The van der Waals surface area contributed by atoms with E-state index in [1.807, 2.05) is 66.2 Å². The molecular weight excluding hydrogens is 390 g/mol. The van der Waals surface area contributed by atoms with Gasteiger partial charge in [0.05, 0.1) is 6.61 Å². The number of thiophene rings is 1. The molecule has 0 aliphatic rings. The van der Waals surface area contributed by atoms with Crippen LogP contribution in [0.5, 0.6) is 5.75 Å². The zero-order chi connectivity index (χ0) is 19.3. The van der Waals surface area contributed by atoms with Crippen LogP contribution in [0.3, 0.4) is 0 Å². The second-order valence-corrected chi connectivity index (χ2v) is 7.67. The topological polar surface area (TPSA) is 42.4 Å². The van der Waals surface area contributed by atoms with Gasteiger partial charge >= 0.3 is 0 Å². The Bertz CT molecular complexity index is 1080. The maximum Gasteiger partial charge on any atom is 0.127 e. The molecule has 140 valence electrons. The van der Waals surface area contributed by atoms with Gasteiger partial charge in [0, 0.05) is 39.0 Å². The van der Waals surface area contributed by atoms with Crippen molar-refractivity contribution in [3.8, 4) is 27.3 Å². The number of aliphatic hydroxyl groups excluding tert-OH is 1. The summed E-state index contributed by atoms with van der Waals surface area (Å²) in [7, 11) is 0. The molecule has 0 radical (unpaired) electrons. The molecule has 1 N–H and O–H groups in total. The lowest BCUT2D eigenvalue weighted by molar-refractivity contribution is 0.281. The van der Waals surface area contributed by atoms with Gasteiger partial charge in [0.15, 0.2) is 0 Å². The summed E-state index contributed by atoms with van der Waals surface area (Å²) in [5.74, 6) is 0.777. The van der Waals surface area contributed by atoms with Crippen LogP contribution in [0.15, 0.2) is 78.4 Å². The first kappa shape index (κ1) is 18.7. The van der Waals surface area contributed by atoms with Crippen LogP contribution in [-0.4, -0.2) is 10.1 Å². The molecule has 28 heavy (non-hydrogen) atoms. The molecule has 0 aliphatic heterocycles. The Morgan fingerprint density at radius 2 is 1.79 bits per heavy atom. The summed E-state index contributed by atoms with van der Waals surface area (Å²) in [6.45, 7) is 0.445. The summed E-state index contributed by atoms with van der Waals surface area (Å²) in [4.78, 5) is 5.32. The number of halogens is 1. The first-order valence-electron chi connectivity index (χ1n) is 8.84. The Morgan fingerprint density at radius 3 is 2.61 bits per heavy atom. The van der Waals surface area contributed by atoms with Crippen LogP contribution in [-0.2, 0) is 13.2 Å². The number of hydrogen-bond acceptors (Lipinski definition) is 4. The van der Waals surface area contributed by atoms with Gasteiger partial charge in [-0.3, -0.25) is 4.98 Å². The highest BCUT2D eigenvalue weighted by Gasteiger charge is 2.15. The van der Waals surface area contributed by atoms with E-state index in [9.17, 15) is 5.11 Å². The lowest BCUT2D eigenvalue weighted by Gasteiger charge is -2.13. The Kier molecular flexibility index (Phi) is 5.72. The summed E-state index contributed by atoms with van der Waals surface area (Å²) in [5.41, 5.74) is 4.82. The molecule has 4 aromatic rings. The van der Waals surface area contributed by atoms with Crippen molar-refractivity contribution in [3.63, 3.8) is 0 Å². The number of ether oxygens (including phenoxy) is 1. The zero-order valence-corrected chi connectivity index (χ0v) is 16.6. The highest BCUT2D eigenvalue weighted by molar-refractivity contribution is 7.14. The van der Waals surface area contributed by atoms with E-state index in [1.54, 1.807) is 17.5 Å². The largest absolute Gasteiger partial charge is 0.488 e. The minimum atomic E-state index is -0.0375. The third-order valence-electron chi connectivity index (χ3n) is 4.37. The van der Waals surface area contributed by atoms with E-state index < -0.39 is 0 Å². The lowest BCUT2D eigenvalue weighted by Crippen LogP contribution is -1.97. The molecule has 5 heteroatoms. The number of nitrogens with zero attached hydrogens (tertiary/aromatic N) is 1. The molecule has 0 spiro atoms. The van der Waals surface area contributed by atoms with Crippen molar-refractivity contribution in [2.45, 2.75) is 13.2 Å². The van der Waals surface area contributed by atoms with E-state index in [1.165, 1.54) is 0 Å². The summed E-state index contributed by atoms with van der Waals surface area (Å²) in [6, 6.07) is 19.8. The second kappa shape index (κ2) is 8.57. The SMILES string of the molecule is OCc1cncc(-c2sccc2-c2cc(Cl)ccc2OCc2ccccc2)c1. The van der Waals surface area contributed by atoms with Gasteiger partial charge in [0.25, 0.3) is 0 Å². The quantitative estimate of drug-likeness (QED) is 0.413. The van der Waals surface area contributed by atoms with E-state index >= 15 is 0 Å². The molecule has 2 aromatic heterocycles. The molecule has 0 saturated carbocycles. The van der Waals surface area contributed by atoms with Crippen LogP contribution in [0.2, 0.25) is 5.02 Å². The van der Waals surface area contributed by atoms with Gasteiger partial charge in [-0.1, -0.05) is 41.9 Å². The lowest BCUT2D eigenvalue weighted by atomic mass is 10.0. The monoisotopic (exact) mass is 407 g/mol. The Labute approximate surface area is 172 Å².